The molecule has 2 atom stereocenters. The van der Waals surface area contributed by atoms with Gasteiger partial charge in [-0.15, -0.1) is 0 Å². The Morgan fingerprint density at radius 2 is 1.76 bits per heavy atom. The molecule has 1 saturated carbocycles. The fourth-order valence-corrected chi connectivity index (χ4v) is 3.04. The molecule has 1 fully saturated rings. The van der Waals surface area contributed by atoms with Gasteiger partial charge in [-0.1, -0.05) is 48.5 Å². The van der Waals surface area contributed by atoms with Crippen molar-refractivity contribution in [2.45, 2.75) is 24.9 Å². The molecule has 0 aliphatic heterocycles. The molecule has 2 heteroatoms. The Morgan fingerprint density at radius 1 is 0.952 bits per heavy atom. The highest BCUT2D eigenvalue weighted by atomic mass is 15.0. The van der Waals surface area contributed by atoms with Crippen molar-refractivity contribution in [1.29, 1.82) is 0 Å². The molecule has 2 aromatic carbocycles. The summed E-state index contributed by atoms with van der Waals surface area (Å²) in [5, 5.41) is 4.94. The van der Waals surface area contributed by atoms with Crippen molar-refractivity contribution in [3.05, 3.63) is 78.0 Å². The minimum Gasteiger partial charge on any atom is -0.309 e. The van der Waals surface area contributed by atoms with Gasteiger partial charge in [-0.25, -0.2) is 0 Å². The van der Waals surface area contributed by atoms with Crippen LogP contribution in [0.15, 0.2) is 66.9 Å². The van der Waals surface area contributed by atoms with Crippen LogP contribution in [-0.2, 0) is 6.54 Å². The predicted molar refractivity (Wildman–Crippen MR) is 86.2 cm³/mol. The van der Waals surface area contributed by atoms with Crippen LogP contribution in [-0.4, -0.2) is 11.0 Å². The van der Waals surface area contributed by atoms with Gasteiger partial charge in [-0.3, -0.25) is 4.98 Å². The maximum atomic E-state index is 4.42. The van der Waals surface area contributed by atoms with Gasteiger partial charge in [0.25, 0.3) is 0 Å². The normalized spacial score (nSPS) is 20.6. The van der Waals surface area contributed by atoms with Crippen molar-refractivity contribution >= 4 is 10.9 Å². The Kier molecular flexibility index (Phi) is 3.17. The summed E-state index contributed by atoms with van der Waals surface area (Å²) in [4.78, 5) is 4.42. The van der Waals surface area contributed by atoms with E-state index in [1.165, 1.54) is 22.9 Å². The molecule has 1 aromatic heterocycles. The average molecular weight is 274 g/mol. The van der Waals surface area contributed by atoms with Crippen LogP contribution in [0.2, 0.25) is 0 Å². The fourth-order valence-electron chi connectivity index (χ4n) is 3.04. The van der Waals surface area contributed by atoms with Crippen molar-refractivity contribution in [3.8, 4) is 0 Å². The summed E-state index contributed by atoms with van der Waals surface area (Å²) in [6.45, 7) is 0.914. The van der Waals surface area contributed by atoms with E-state index in [1.54, 1.807) is 0 Å². The van der Waals surface area contributed by atoms with Crippen LogP contribution in [0.4, 0.5) is 0 Å². The molecule has 2 nitrogen and oxygen atoms in total. The number of para-hydroxylation sites is 1. The van der Waals surface area contributed by atoms with E-state index in [0.717, 1.165) is 12.1 Å². The fraction of sp³-hybridized carbons (Fsp3) is 0.211. The molecule has 21 heavy (non-hydrogen) atoms. The molecular weight excluding hydrogens is 256 g/mol. The number of fused-ring (bicyclic) bond motifs is 1. The van der Waals surface area contributed by atoms with Gasteiger partial charge in [0.05, 0.1) is 5.52 Å². The van der Waals surface area contributed by atoms with Crippen LogP contribution in [0.3, 0.4) is 0 Å². The van der Waals surface area contributed by atoms with Crippen molar-refractivity contribution in [2.75, 3.05) is 0 Å². The zero-order valence-electron chi connectivity index (χ0n) is 11.9. The largest absolute Gasteiger partial charge is 0.309 e. The van der Waals surface area contributed by atoms with Crippen molar-refractivity contribution < 1.29 is 0 Å². The second-order valence-corrected chi connectivity index (χ2v) is 5.73. The lowest BCUT2D eigenvalue weighted by Crippen LogP contribution is -2.17. The van der Waals surface area contributed by atoms with Crippen LogP contribution >= 0.6 is 0 Å². The molecule has 4 rings (SSSR count). The summed E-state index contributed by atoms with van der Waals surface area (Å²) in [5.41, 5.74) is 3.86. The molecule has 0 amide bonds. The third-order valence-corrected chi connectivity index (χ3v) is 4.31. The van der Waals surface area contributed by atoms with E-state index in [-0.39, 0.29) is 0 Å². The monoisotopic (exact) mass is 274 g/mol. The Labute approximate surface area is 124 Å². The third kappa shape index (κ3) is 2.55. The number of hydrogen-bond donors (Lipinski definition) is 1. The third-order valence-electron chi connectivity index (χ3n) is 4.31. The van der Waals surface area contributed by atoms with Crippen LogP contribution in [0.5, 0.6) is 0 Å². The lowest BCUT2D eigenvalue weighted by molar-refractivity contribution is 0.675. The van der Waals surface area contributed by atoms with Gasteiger partial charge in [-0.05, 0) is 29.7 Å². The zero-order chi connectivity index (χ0) is 14.1. The molecule has 3 aromatic rings. The quantitative estimate of drug-likeness (QED) is 0.781. The molecule has 0 bridgehead atoms. The molecule has 0 saturated heterocycles. The Hall–Kier alpha value is -2.19. The van der Waals surface area contributed by atoms with Gasteiger partial charge in [0.15, 0.2) is 0 Å². The lowest BCUT2D eigenvalue weighted by Gasteiger charge is -2.07. The van der Waals surface area contributed by atoms with E-state index >= 15 is 0 Å². The van der Waals surface area contributed by atoms with Gasteiger partial charge in [0.1, 0.15) is 0 Å². The lowest BCUT2D eigenvalue weighted by atomic mass is 10.1. The summed E-state index contributed by atoms with van der Waals surface area (Å²) >= 11 is 0. The number of hydrogen-bond acceptors (Lipinski definition) is 2. The average Bonchev–Trinajstić information content (AvgIpc) is 3.33. The van der Waals surface area contributed by atoms with Gasteiger partial charge in [0.2, 0.25) is 0 Å². The van der Waals surface area contributed by atoms with Gasteiger partial charge >= 0.3 is 0 Å². The molecule has 1 heterocycles. The van der Waals surface area contributed by atoms with Gasteiger partial charge in [-0.2, -0.15) is 0 Å². The van der Waals surface area contributed by atoms with E-state index in [4.69, 9.17) is 0 Å². The highest BCUT2D eigenvalue weighted by Crippen LogP contribution is 2.40. The maximum Gasteiger partial charge on any atom is 0.0705 e. The minimum atomic E-state index is 0.610. The zero-order valence-corrected chi connectivity index (χ0v) is 11.9. The molecule has 104 valence electrons. The standard InChI is InChI=1S/C19H18N2/c1-2-6-14(7-3-1)17-12-19(17)21-13-15-10-11-20-18-9-5-4-8-16(15)18/h1-11,17,19,21H,12-13H2/t17?,19-/m0/s1. The number of aromatic nitrogens is 1. The molecule has 1 aliphatic rings. The second-order valence-electron chi connectivity index (χ2n) is 5.73. The summed E-state index contributed by atoms with van der Waals surface area (Å²) in [7, 11) is 0. The van der Waals surface area contributed by atoms with Crippen LogP contribution in [0.25, 0.3) is 10.9 Å². The van der Waals surface area contributed by atoms with Crippen LogP contribution in [0.1, 0.15) is 23.5 Å². The molecule has 1 aliphatic carbocycles. The van der Waals surface area contributed by atoms with Crippen molar-refractivity contribution in [2.24, 2.45) is 0 Å². The molecule has 0 spiro atoms. The van der Waals surface area contributed by atoms with Crippen molar-refractivity contribution in [3.63, 3.8) is 0 Å². The maximum absolute atomic E-state index is 4.42. The number of nitrogens with one attached hydrogen (secondary N) is 1. The van der Waals surface area contributed by atoms with E-state index in [9.17, 15) is 0 Å². The van der Waals surface area contributed by atoms with Crippen LogP contribution < -0.4 is 5.32 Å². The SMILES string of the molecule is c1ccc(C2C[C@@H]2NCc2ccnc3ccccc23)cc1. The minimum absolute atomic E-state index is 0.610. The van der Waals surface area contributed by atoms with Crippen molar-refractivity contribution in [1.82, 2.24) is 10.3 Å². The highest BCUT2D eigenvalue weighted by molar-refractivity contribution is 5.81. The smallest absolute Gasteiger partial charge is 0.0705 e. The highest BCUT2D eigenvalue weighted by Gasteiger charge is 2.37. The van der Waals surface area contributed by atoms with E-state index < -0.39 is 0 Å². The number of rotatable bonds is 4. The Morgan fingerprint density at radius 3 is 2.67 bits per heavy atom. The molecular formula is C19H18N2. The van der Waals surface area contributed by atoms with Gasteiger partial charge in [0, 0.05) is 30.1 Å². The Bertz CT molecular complexity index is 746. The van der Waals surface area contributed by atoms with E-state index in [2.05, 4.69) is 64.9 Å². The molecule has 1 unspecified atom stereocenters. The first kappa shape index (κ1) is 12.5. The summed E-state index contributed by atoms with van der Waals surface area (Å²) in [6.07, 6.45) is 3.15. The number of pyridine rings is 1. The van der Waals surface area contributed by atoms with E-state index in [0.29, 0.717) is 12.0 Å². The van der Waals surface area contributed by atoms with Crippen LogP contribution in [0, 0.1) is 0 Å². The summed E-state index contributed by atoms with van der Waals surface area (Å²) in [6, 6.07) is 21.9. The molecule has 0 radical (unpaired) electrons. The Balaban J connectivity index is 1.46. The second kappa shape index (κ2) is 5.30. The van der Waals surface area contributed by atoms with E-state index in [1.807, 2.05) is 12.3 Å². The summed E-state index contributed by atoms with van der Waals surface area (Å²) < 4.78 is 0. The number of benzene rings is 2. The first-order chi connectivity index (χ1) is 10.4. The van der Waals surface area contributed by atoms with Gasteiger partial charge < -0.3 is 5.32 Å². The summed E-state index contributed by atoms with van der Waals surface area (Å²) in [5.74, 6) is 0.680. The first-order valence-corrected chi connectivity index (χ1v) is 7.53. The predicted octanol–water partition coefficient (Wildman–Crippen LogP) is 3.88. The number of nitrogens with zero attached hydrogens (tertiary/aromatic N) is 1. The molecule has 1 N–H and O–H groups in total. The first-order valence-electron chi connectivity index (χ1n) is 7.53. The topological polar surface area (TPSA) is 24.9 Å².